The molecule has 0 saturated carbocycles. The molecule has 0 unspecified atom stereocenters. The topological polar surface area (TPSA) is 137 Å². The third-order valence-corrected chi connectivity index (χ3v) is 5.33. The Kier molecular flexibility index (Phi) is 7.76. The number of alkyl halides is 3. The minimum Gasteiger partial charge on any atom is -0.475 e. The van der Waals surface area contributed by atoms with Crippen molar-refractivity contribution in [3.8, 4) is 11.1 Å². The molecule has 1 aromatic carbocycles. The molecule has 3 rings (SSSR count). The summed E-state index contributed by atoms with van der Waals surface area (Å²) in [6, 6.07) is 9.81. The van der Waals surface area contributed by atoms with Crippen molar-refractivity contribution in [3.63, 3.8) is 0 Å². The van der Waals surface area contributed by atoms with Crippen LogP contribution in [0.5, 0.6) is 0 Å². The van der Waals surface area contributed by atoms with Crippen LogP contribution in [0.15, 0.2) is 64.2 Å². The molecule has 3 aromatic rings. The van der Waals surface area contributed by atoms with Crippen molar-refractivity contribution in [2.45, 2.75) is 17.6 Å². The van der Waals surface area contributed by atoms with Gasteiger partial charge in [0.05, 0.1) is 17.8 Å². The van der Waals surface area contributed by atoms with Gasteiger partial charge in [-0.3, -0.25) is 0 Å². The van der Waals surface area contributed by atoms with E-state index in [0.29, 0.717) is 12.0 Å². The summed E-state index contributed by atoms with van der Waals surface area (Å²) >= 11 is 0. The number of carboxylic acid groups (broad SMARTS) is 1. The maximum absolute atomic E-state index is 12.7. The van der Waals surface area contributed by atoms with Crippen LogP contribution in [0.4, 0.5) is 17.6 Å². The summed E-state index contributed by atoms with van der Waals surface area (Å²) in [6.07, 6.45) is -1.95. The fraction of sp³-hybridized carbons (Fsp3) is 0.211. The average Bonchev–Trinajstić information content (AvgIpc) is 3.06. The minimum absolute atomic E-state index is 0.00521. The number of nitrogens with two attached hydrogens (primary N) is 1. The lowest BCUT2D eigenvalue weighted by atomic mass is 10.1. The number of rotatable bonds is 5. The highest BCUT2D eigenvalue weighted by atomic mass is 32.2. The first-order chi connectivity index (χ1) is 15.3. The molecule has 2 aromatic heterocycles. The van der Waals surface area contributed by atoms with Crippen molar-refractivity contribution >= 4 is 21.5 Å². The summed E-state index contributed by atoms with van der Waals surface area (Å²) in [7, 11) is -3.27. The zero-order valence-electron chi connectivity index (χ0n) is 17.0. The molecule has 0 saturated heterocycles. The summed E-state index contributed by atoms with van der Waals surface area (Å²) in [5.41, 5.74) is 7.15. The summed E-state index contributed by atoms with van der Waals surface area (Å²) in [6.45, 7) is -0.0271. The lowest BCUT2D eigenvalue weighted by molar-refractivity contribution is -0.192. The minimum atomic E-state index is -5.08. The van der Waals surface area contributed by atoms with Crippen LogP contribution in [0.25, 0.3) is 16.8 Å². The zero-order chi connectivity index (χ0) is 25.0. The summed E-state index contributed by atoms with van der Waals surface area (Å²) in [4.78, 5) is 21.6. The number of halogens is 4. The van der Waals surface area contributed by atoms with Crippen molar-refractivity contribution in [1.82, 2.24) is 14.2 Å². The number of hydrogen-bond donors (Lipinski definition) is 2. The predicted octanol–water partition coefficient (Wildman–Crippen LogP) is 2.01. The molecule has 0 bridgehead atoms. The third kappa shape index (κ3) is 6.49. The normalized spacial score (nSPS) is 12.4. The molecule has 0 aliphatic rings. The molecule has 0 aliphatic carbocycles. The number of benzene rings is 1. The molecule has 33 heavy (non-hydrogen) atoms. The molecule has 0 amide bonds. The Morgan fingerprint density at radius 3 is 2.15 bits per heavy atom. The Morgan fingerprint density at radius 1 is 1.15 bits per heavy atom. The van der Waals surface area contributed by atoms with Crippen LogP contribution in [0, 0.1) is 0 Å². The van der Waals surface area contributed by atoms with Crippen molar-refractivity contribution < 1.29 is 35.9 Å². The largest absolute Gasteiger partial charge is 0.490 e. The van der Waals surface area contributed by atoms with Crippen LogP contribution in [-0.4, -0.2) is 52.7 Å². The van der Waals surface area contributed by atoms with Crippen LogP contribution in [0.2, 0.25) is 0 Å². The summed E-state index contributed by atoms with van der Waals surface area (Å²) in [5, 5.41) is 11.3. The smallest absolute Gasteiger partial charge is 0.475 e. The Morgan fingerprint density at radius 2 is 1.70 bits per heavy atom. The van der Waals surface area contributed by atoms with Gasteiger partial charge in [-0.15, -0.1) is 5.10 Å². The Bertz CT molecular complexity index is 1340. The first-order valence-corrected chi connectivity index (χ1v) is 10.8. The second-order valence-electron chi connectivity index (χ2n) is 6.66. The Labute approximate surface area is 184 Å². The van der Waals surface area contributed by atoms with E-state index >= 15 is 0 Å². The van der Waals surface area contributed by atoms with Gasteiger partial charge in [0, 0.05) is 19.0 Å². The lowest BCUT2D eigenvalue weighted by Gasteiger charge is -2.03. The SMILES string of the molecule is CS(=O)(=O)c1ccc(-c2ccc3nn(C/C(=C/F)CN)c(=O)n3c2)cc1.O=C(O)C(F)(F)F. The van der Waals surface area contributed by atoms with E-state index in [2.05, 4.69) is 5.10 Å². The quantitative estimate of drug-likeness (QED) is 0.522. The van der Waals surface area contributed by atoms with E-state index in [1.54, 1.807) is 30.5 Å². The number of hydrogen-bond acceptors (Lipinski definition) is 6. The molecule has 9 nitrogen and oxygen atoms in total. The number of sulfone groups is 1. The number of carbonyl (C=O) groups is 1. The molecule has 0 radical (unpaired) electrons. The second kappa shape index (κ2) is 9.95. The molecule has 14 heteroatoms. The first kappa shape index (κ1) is 25.7. The molecule has 0 fully saturated rings. The highest BCUT2D eigenvalue weighted by Crippen LogP contribution is 2.21. The van der Waals surface area contributed by atoms with E-state index in [1.165, 1.54) is 16.5 Å². The number of aromatic nitrogens is 3. The fourth-order valence-electron chi connectivity index (χ4n) is 2.52. The highest BCUT2D eigenvalue weighted by molar-refractivity contribution is 7.90. The van der Waals surface area contributed by atoms with Crippen LogP contribution in [0.1, 0.15) is 0 Å². The van der Waals surface area contributed by atoms with E-state index in [4.69, 9.17) is 15.6 Å². The standard InChI is InChI=1S/C17H17FN4O3S.C2HF3O2/c1-26(24,25)15-5-2-13(3-6-15)14-4-7-16-20-22(10-12(8-18)9-19)17(23)21(16)11-14;3-2(4,5)1(6)7/h2-8,11H,9-10,19H2,1H3;(H,6,7)/b12-8+;. The number of carboxylic acids is 1. The zero-order valence-corrected chi connectivity index (χ0v) is 17.8. The van der Waals surface area contributed by atoms with Gasteiger partial charge in [0.15, 0.2) is 15.5 Å². The molecule has 178 valence electrons. The first-order valence-electron chi connectivity index (χ1n) is 8.96. The van der Waals surface area contributed by atoms with E-state index in [9.17, 15) is 30.8 Å². The summed E-state index contributed by atoms with van der Waals surface area (Å²) < 4.78 is 70.0. The van der Waals surface area contributed by atoms with Crippen LogP contribution >= 0.6 is 0 Å². The van der Waals surface area contributed by atoms with Gasteiger partial charge in [-0.1, -0.05) is 12.1 Å². The van der Waals surface area contributed by atoms with Gasteiger partial charge >= 0.3 is 17.8 Å². The van der Waals surface area contributed by atoms with E-state index in [0.717, 1.165) is 22.1 Å². The van der Waals surface area contributed by atoms with Crippen molar-refractivity contribution in [1.29, 1.82) is 0 Å². The molecule has 0 aliphatic heterocycles. The maximum atomic E-state index is 12.7. The maximum Gasteiger partial charge on any atom is 0.490 e. The Balaban J connectivity index is 0.000000479. The molecule has 0 spiro atoms. The average molecular weight is 490 g/mol. The number of pyridine rings is 1. The van der Waals surface area contributed by atoms with Crippen molar-refractivity contribution in [2.24, 2.45) is 5.73 Å². The van der Waals surface area contributed by atoms with Crippen molar-refractivity contribution in [3.05, 3.63) is 65.0 Å². The van der Waals surface area contributed by atoms with Crippen molar-refractivity contribution in [2.75, 3.05) is 12.8 Å². The van der Waals surface area contributed by atoms with Crippen LogP contribution < -0.4 is 11.4 Å². The second-order valence-corrected chi connectivity index (χ2v) is 8.67. The number of fused-ring (bicyclic) bond motifs is 1. The Hall–Kier alpha value is -3.52. The van der Waals surface area contributed by atoms with Gasteiger partial charge in [-0.2, -0.15) is 13.2 Å². The highest BCUT2D eigenvalue weighted by Gasteiger charge is 2.38. The molecule has 0 atom stereocenters. The van der Waals surface area contributed by atoms with E-state index in [-0.39, 0.29) is 23.6 Å². The van der Waals surface area contributed by atoms with Gasteiger partial charge in [-0.05, 0) is 41.0 Å². The summed E-state index contributed by atoms with van der Waals surface area (Å²) in [5.74, 6) is -2.76. The lowest BCUT2D eigenvalue weighted by Crippen LogP contribution is -2.23. The van der Waals surface area contributed by atoms with Gasteiger partial charge in [-0.25, -0.2) is 31.5 Å². The molecule has 2 heterocycles. The predicted molar refractivity (Wildman–Crippen MR) is 110 cm³/mol. The number of nitrogens with zero attached hydrogens (tertiary/aromatic N) is 3. The van der Waals surface area contributed by atoms with Crippen LogP contribution in [-0.2, 0) is 21.2 Å². The van der Waals surface area contributed by atoms with Gasteiger partial charge in [0.2, 0.25) is 0 Å². The van der Waals surface area contributed by atoms with Crippen LogP contribution in [0.3, 0.4) is 0 Å². The van der Waals surface area contributed by atoms with Gasteiger partial charge in [0.1, 0.15) is 0 Å². The number of aliphatic carboxylic acids is 1. The van der Waals surface area contributed by atoms with Gasteiger partial charge in [0.25, 0.3) is 0 Å². The molecular formula is C19H18F4N4O5S. The molecule has 3 N–H and O–H groups in total. The molecular weight excluding hydrogens is 472 g/mol. The van der Waals surface area contributed by atoms with E-state index in [1.807, 2.05) is 0 Å². The third-order valence-electron chi connectivity index (χ3n) is 4.20. The monoisotopic (exact) mass is 490 g/mol. The van der Waals surface area contributed by atoms with E-state index < -0.39 is 27.7 Å². The fourth-order valence-corrected chi connectivity index (χ4v) is 3.15. The van der Waals surface area contributed by atoms with Gasteiger partial charge < -0.3 is 10.8 Å².